The normalized spacial score (nSPS) is 15.4. The number of hydrogen-bond donors (Lipinski definition) is 2. The van der Waals surface area contributed by atoms with Crippen LogP contribution in [0.15, 0.2) is 24.3 Å². The molecule has 0 fully saturated rings. The smallest absolute Gasteiger partial charge is 0.0446 e. The molecular formula is C15H24ClNO. The van der Waals surface area contributed by atoms with Crippen LogP contribution in [0.1, 0.15) is 45.7 Å². The lowest BCUT2D eigenvalue weighted by molar-refractivity contribution is 0.188. The van der Waals surface area contributed by atoms with Gasteiger partial charge < -0.3 is 10.4 Å². The van der Waals surface area contributed by atoms with Gasteiger partial charge in [0.1, 0.15) is 0 Å². The van der Waals surface area contributed by atoms with E-state index in [1.165, 1.54) is 5.56 Å². The summed E-state index contributed by atoms with van der Waals surface area (Å²) in [6.07, 6.45) is 0.765. The Labute approximate surface area is 115 Å². The molecule has 0 saturated heterocycles. The zero-order chi connectivity index (χ0) is 13.8. The summed E-state index contributed by atoms with van der Waals surface area (Å²) in [7, 11) is 0. The van der Waals surface area contributed by atoms with Crippen LogP contribution in [0.4, 0.5) is 0 Å². The molecule has 18 heavy (non-hydrogen) atoms. The van der Waals surface area contributed by atoms with Crippen molar-refractivity contribution in [2.24, 2.45) is 5.41 Å². The summed E-state index contributed by atoms with van der Waals surface area (Å²) < 4.78 is 0. The van der Waals surface area contributed by atoms with E-state index in [4.69, 9.17) is 16.7 Å². The first-order chi connectivity index (χ1) is 8.34. The first-order valence-corrected chi connectivity index (χ1v) is 6.84. The van der Waals surface area contributed by atoms with Crippen molar-refractivity contribution in [3.63, 3.8) is 0 Å². The molecule has 0 aliphatic rings. The number of aliphatic hydroxyl groups excluding tert-OH is 1. The third-order valence-electron chi connectivity index (χ3n) is 3.28. The van der Waals surface area contributed by atoms with Crippen LogP contribution >= 0.6 is 11.6 Å². The predicted molar refractivity (Wildman–Crippen MR) is 77.9 cm³/mol. The second-order valence-electron chi connectivity index (χ2n) is 5.87. The molecule has 0 aliphatic carbocycles. The molecule has 2 nitrogen and oxygen atoms in total. The zero-order valence-electron chi connectivity index (χ0n) is 11.7. The van der Waals surface area contributed by atoms with Crippen molar-refractivity contribution >= 4 is 11.6 Å². The van der Waals surface area contributed by atoms with Crippen molar-refractivity contribution < 1.29 is 5.11 Å². The topological polar surface area (TPSA) is 32.3 Å². The Balaban J connectivity index is 2.72. The lowest BCUT2D eigenvalue weighted by Crippen LogP contribution is -2.42. The minimum absolute atomic E-state index is 0.128. The van der Waals surface area contributed by atoms with E-state index in [2.05, 4.69) is 33.0 Å². The zero-order valence-corrected chi connectivity index (χ0v) is 12.5. The summed E-state index contributed by atoms with van der Waals surface area (Å²) in [5.41, 5.74) is 1.34. The van der Waals surface area contributed by atoms with Crippen LogP contribution in [0.3, 0.4) is 0 Å². The first-order valence-electron chi connectivity index (χ1n) is 6.47. The number of benzene rings is 1. The van der Waals surface area contributed by atoms with Gasteiger partial charge in [-0.25, -0.2) is 0 Å². The van der Waals surface area contributed by atoms with Gasteiger partial charge in [0, 0.05) is 23.7 Å². The maximum atomic E-state index is 9.16. The quantitative estimate of drug-likeness (QED) is 0.852. The second kappa shape index (κ2) is 6.55. The fourth-order valence-corrected chi connectivity index (χ4v) is 2.17. The van der Waals surface area contributed by atoms with E-state index < -0.39 is 0 Å². The van der Waals surface area contributed by atoms with Gasteiger partial charge in [0.25, 0.3) is 0 Å². The molecule has 0 radical (unpaired) electrons. The molecule has 0 amide bonds. The van der Waals surface area contributed by atoms with Crippen LogP contribution in [0, 0.1) is 5.41 Å². The molecule has 3 heteroatoms. The summed E-state index contributed by atoms with van der Waals surface area (Å²) in [4.78, 5) is 0. The Bertz CT molecular complexity index is 356. The number of hydrogen-bond acceptors (Lipinski definition) is 2. The number of rotatable bonds is 5. The van der Waals surface area contributed by atoms with E-state index in [0.29, 0.717) is 0 Å². The molecule has 1 aromatic rings. The molecule has 0 bridgehead atoms. The fraction of sp³-hybridized carbons (Fsp3) is 0.600. The Morgan fingerprint density at radius 1 is 1.22 bits per heavy atom. The Morgan fingerprint density at radius 3 is 2.22 bits per heavy atom. The van der Waals surface area contributed by atoms with E-state index in [0.717, 1.165) is 11.4 Å². The predicted octanol–water partition coefficient (Wildman–Crippen LogP) is 3.79. The molecular weight excluding hydrogens is 246 g/mol. The van der Waals surface area contributed by atoms with E-state index in [1.807, 2.05) is 24.3 Å². The van der Waals surface area contributed by atoms with Gasteiger partial charge in [-0.05, 0) is 36.5 Å². The van der Waals surface area contributed by atoms with E-state index in [-0.39, 0.29) is 24.1 Å². The Kier molecular flexibility index (Phi) is 5.64. The van der Waals surface area contributed by atoms with Gasteiger partial charge in [-0.15, -0.1) is 0 Å². The highest BCUT2D eigenvalue weighted by atomic mass is 35.5. The van der Waals surface area contributed by atoms with Gasteiger partial charge in [0.2, 0.25) is 0 Å². The summed E-state index contributed by atoms with van der Waals surface area (Å²) in [6.45, 7) is 8.92. The monoisotopic (exact) mass is 269 g/mol. The van der Waals surface area contributed by atoms with Crippen molar-refractivity contribution in [1.29, 1.82) is 0 Å². The Hall–Kier alpha value is -0.570. The standard InChI is InChI=1S/C15H24ClNO/c1-11(12-5-7-13(16)8-6-12)17-14(9-10-18)15(2,3)4/h5-8,11,14,17-18H,9-10H2,1-4H3. The molecule has 0 saturated carbocycles. The van der Waals surface area contributed by atoms with Gasteiger partial charge in [0.15, 0.2) is 0 Å². The van der Waals surface area contributed by atoms with Gasteiger partial charge in [-0.1, -0.05) is 44.5 Å². The average Bonchev–Trinajstić information content (AvgIpc) is 2.28. The summed E-state index contributed by atoms with van der Waals surface area (Å²) in [5, 5.41) is 13.5. The SMILES string of the molecule is CC(NC(CCO)C(C)(C)C)c1ccc(Cl)cc1. The van der Waals surface area contributed by atoms with Gasteiger partial charge >= 0.3 is 0 Å². The molecule has 102 valence electrons. The van der Waals surface area contributed by atoms with Crippen LogP contribution in [-0.2, 0) is 0 Å². The largest absolute Gasteiger partial charge is 0.396 e. The maximum absolute atomic E-state index is 9.16. The van der Waals surface area contributed by atoms with E-state index >= 15 is 0 Å². The van der Waals surface area contributed by atoms with Crippen molar-refractivity contribution in [3.05, 3.63) is 34.9 Å². The molecule has 2 unspecified atom stereocenters. The molecule has 0 aromatic heterocycles. The molecule has 0 heterocycles. The summed E-state index contributed by atoms with van der Waals surface area (Å²) >= 11 is 5.89. The van der Waals surface area contributed by atoms with Crippen molar-refractivity contribution in [3.8, 4) is 0 Å². The van der Waals surface area contributed by atoms with Crippen LogP contribution in [0.2, 0.25) is 5.02 Å². The van der Waals surface area contributed by atoms with Crippen molar-refractivity contribution in [2.45, 2.75) is 46.2 Å². The molecule has 2 N–H and O–H groups in total. The second-order valence-corrected chi connectivity index (χ2v) is 6.31. The van der Waals surface area contributed by atoms with E-state index in [1.54, 1.807) is 0 Å². The number of aliphatic hydroxyl groups is 1. The van der Waals surface area contributed by atoms with Gasteiger partial charge in [-0.3, -0.25) is 0 Å². The maximum Gasteiger partial charge on any atom is 0.0446 e. The van der Waals surface area contributed by atoms with Gasteiger partial charge in [0.05, 0.1) is 0 Å². The number of halogens is 1. The third-order valence-corrected chi connectivity index (χ3v) is 3.54. The first kappa shape index (κ1) is 15.5. The molecule has 0 aliphatic heterocycles. The molecule has 1 rings (SSSR count). The summed E-state index contributed by atoms with van der Waals surface area (Å²) in [6, 6.07) is 8.43. The molecule has 1 aromatic carbocycles. The highest BCUT2D eigenvalue weighted by Gasteiger charge is 2.25. The third kappa shape index (κ3) is 4.60. The number of nitrogens with one attached hydrogen (secondary N) is 1. The minimum atomic E-state index is 0.128. The van der Waals surface area contributed by atoms with Gasteiger partial charge in [-0.2, -0.15) is 0 Å². The van der Waals surface area contributed by atoms with Crippen molar-refractivity contribution in [1.82, 2.24) is 5.32 Å². The highest BCUT2D eigenvalue weighted by Crippen LogP contribution is 2.25. The molecule has 2 atom stereocenters. The Morgan fingerprint density at radius 2 is 1.78 bits per heavy atom. The van der Waals surface area contributed by atoms with Crippen LogP contribution in [0.5, 0.6) is 0 Å². The minimum Gasteiger partial charge on any atom is -0.396 e. The lowest BCUT2D eigenvalue weighted by atomic mass is 9.84. The van der Waals surface area contributed by atoms with Crippen molar-refractivity contribution in [2.75, 3.05) is 6.61 Å². The van der Waals surface area contributed by atoms with Crippen LogP contribution in [-0.4, -0.2) is 17.8 Å². The van der Waals surface area contributed by atoms with Crippen LogP contribution < -0.4 is 5.32 Å². The molecule has 0 spiro atoms. The average molecular weight is 270 g/mol. The fourth-order valence-electron chi connectivity index (χ4n) is 2.04. The summed E-state index contributed by atoms with van der Waals surface area (Å²) in [5.74, 6) is 0. The van der Waals surface area contributed by atoms with Crippen LogP contribution in [0.25, 0.3) is 0 Å². The van der Waals surface area contributed by atoms with E-state index in [9.17, 15) is 0 Å². The lowest BCUT2D eigenvalue weighted by Gasteiger charge is -2.34. The highest BCUT2D eigenvalue weighted by molar-refractivity contribution is 6.30.